The van der Waals surface area contributed by atoms with E-state index in [4.69, 9.17) is 13.9 Å². The third-order valence-corrected chi connectivity index (χ3v) is 3.76. The second kappa shape index (κ2) is 9.40. The van der Waals surface area contributed by atoms with E-state index >= 15 is 0 Å². The fourth-order valence-electron chi connectivity index (χ4n) is 2.44. The monoisotopic (exact) mass is 383 g/mol. The van der Waals surface area contributed by atoms with Crippen LogP contribution in [0.15, 0.2) is 59.3 Å². The Balaban J connectivity index is 1.35. The number of ether oxygens (including phenoxy) is 2. The van der Waals surface area contributed by atoms with Crippen molar-refractivity contribution in [2.24, 2.45) is 0 Å². The summed E-state index contributed by atoms with van der Waals surface area (Å²) in [7, 11) is 0. The van der Waals surface area contributed by atoms with Crippen LogP contribution in [0.25, 0.3) is 0 Å². The van der Waals surface area contributed by atoms with Crippen molar-refractivity contribution in [3.05, 3.63) is 71.9 Å². The molecule has 0 atom stereocenters. The van der Waals surface area contributed by atoms with Gasteiger partial charge in [-0.1, -0.05) is 12.1 Å². The fourth-order valence-corrected chi connectivity index (χ4v) is 2.44. The standard InChI is InChI=1S/C20H21N3O5/c1-15-4-2-5-16(12-15)26-11-9-21-19(24)14-27-20(25)18-7-6-17(28-18)13-23-10-3-8-22-23/h2-8,10,12H,9,11,13-14H2,1H3,(H,21,24). The lowest BCUT2D eigenvalue weighted by atomic mass is 10.2. The van der Waals surface area contributed by atoms with Crippen molar-refractivity contribution >= 4 is 11.9 Å². The number of hydrogen-bond donors (Lipinski definition) is 1. The highest BCUT2D eigenvalue weighted by molar-refractivity contribution is 5.88. The molecule has 8 nitrogen and oxygen atoms in total. The third kappa shape index (κ3) is 5.73. The van der Waals surface area contributed by atoms with Gasteiger partial charge in [0.25, 0.3) is 5.91 Å². The first kappa shape index (κ1) is 19.2. The van der Waals surface area contributed by atoms with Crippen molar-refractivity contribution in [2.75, 3.05) is 19.8 Å². The molecule has 1 aromatic carbocycles. The lowest BCUT2D eigenvalue weighted by Gasteiger charge is -2.08. The molecule has 0 aliphatic heterocycles. The number of aromatic nitrogens is 2. The summed E-state index contributed by atoms with van der Waals surface area (Å²) in [6.45, 7) is 2.61. The predicted octanol–water partition coefficient (Wildman–Crippen LogP) is 2.18. The average Bonchev–Trinajstić information content (AvgIpc) is 3.36. The molecule has 0 saturated carbocycles. The first-order valence-electron chi connectivity index (χ1n) is 8.79. The van der Waals surface area contributed by atoms with Gasteiger partial charge in [-0.05, 0) is 42.8 Å². The number of hydrogen-bond acceptors (Lipinski definition) is 6. The summed E-state index contributed by atoms with van der Waals surface area (Å²) < 4.78 is 17.6. The van der Waals surface area contributed by atoms with E-state index in [2.05, 4.69) is 10.4 Å². The lowest BCUT2D eigenvalue weighted by molar-refractivity contribution is -0.124. The maximum absolute atomic E-state index is 12.0. The van der Waals surface area contributed by atoms with Crippen LogP contribution in [0, 0.1) is 6.92 Å². The number of aryl methyl sites for hydroxylation is 1. The Morgan fingerprint density at radius 3 is 2.89 bits per heavy atom. The van der Waals surface area contributed by atoms with Crippen molar-refractivity contribution in [1.29, 1.82) is 0 Å². The largest absolute Gasteiger partial charge is 0.492 e. The molecule has 3 aromatic rings. The van der Waals surface area contributed by atoms with Crippen LogP contribution in [0.4, 0.5) is 0 Å². The van der Waals surface area contributed by atoms with Gasteiger partial charge in [-0.25, -0.2) is 4.79 Å². The van der Waals surface area contributed by atoms with Gasteiger partial charge < -0.3 is 19.2 Å². The summed E-state index contributed by atoms with van der Waals surface area (Å²) in [5, 5.41) is 6.69. The van der Waals surface area contributed by atoms with Crippen LogP contribution in [-0.4, -0.2) is 41.4 Å². The van der Waals surface area contributed by atoms with E-state index < -0.39 is 18.5 Å². The fraction of sp³-hybridized carbons (Fsp3) is 0.250. The van der Waals surface area contributed by atoms with Gasteiger partial charge >= 0.3 is 5.97 Å². The van der Waals surface area contributed by atoms with Gasteiger partial charge in [-0.15, -0.1) is 0 Å². The van der Waals surface area contributed by atoms with E-state index in [-0.39, 0.29) is 5.76 Å². The molecule has 0 fully saturated rings. The maximum Gasteiger partial charge on any atom is 0.374 e. The van der Waals surface area contributed by atoms with Crippen LogP contribution in [-0.2, 0) is 16.1 Å². The van der Waals surface area contributed by atoms with Gasteiger partial charge in [0, 0.05) is 12.4 Å². The molecule has 1 amide bonds. The molecule has 1 N–H and O–H groups in total. The zero-order valence-corrected chi connectivity index (χ0v) is 15.5. The average molecular weight is 383 g/mol. The van der Waals surface area contributed by atoms with Gasteiger partial charge in [0.15, 0.2) is 6.61 Å². The second-order valence-corrected chi connectivity index (χ2v) is 6.06. The molecule has 146 valence electrons. The van der Waals surface area contributed by atoms with Crippen LogP contribution >= 0.6 is 0 Å². The topological polar surface area (TPSA) is 95.6 Å². The number of benzene rings is 1. The number of carbonyl (C=O) groups is 2. The molecule has 0 bridgehead atoms. The molecule has 0 spiro atoms. The minimum atomic E-state index is -0.696. The van der Waals surface area contributed by atoms with Crippen molar-refractivity contribution in [3.8, 4) is 5.75 Å². The van der Waals surface area contributed by atoms with E-state index in [9.17, 15) is 9.59 Å². The summed E-state index contributed by atoms with van der Waals surface area (Å²) >= 11 is 0. The van der Waals surface area contributed by atoms with Crippen molar-refractivity contribution < 1.29 is 23.5 Å². The van der Waals surface area contributed by atoms with E-state index in [0.29, 0.717) is 25.5 Å². The molecule has 0 aliphatic rings. The minimum Gasteiger partial charge on any atom is -0.492 e. The highest BCUT2D eigenvalue weighted by Crippen LogP contribution is 2.12. The number of amides is 1. The predicted molar refractivity (Wildman–Crippen MR) is 100 cm³/mol. The summed E-state index contributed by atoms with van der Waals surface area (Å²) in [6.07, 6.45) is 3.44. The van der Waals surface area contributed by atoms with Crippen molar-refractivity contribution in [1.82, 2.24) is 15.1 Å². The van der Waals surface area contributed by atoms with E-state index in [0.717, 1.165) is 11.3 Å². The number of furan rings is 1. The van der Waals surface area contributed by atoms with Crippen LogP contribution in [0.1, 0.15) is 21.9 Å². The van der Waals surface area contributed by atoms with Crippen LogP contribution in [0.5, 0.6) is 5.75 Å². The molecule has 8 heteroatoms. The van der Waals surface area contributed by atoms with Gasteiger partial charge in [-0.3, -0.25) is 9.48 Å². The zero-order chi connectivity index (χ0) is 19.8. The first-order chi connectivity index (χ1) is 13.6. The summed E-state index contributed by atoms with van der Waals surface area (Å²) in [5.41, 5.74) is 1.10. The number of esters is 1. The Morgan fingerprint density at radius 1 is 1.21 bits per heavy atom. The molecular formula is C20H21N3O5. The molecule has 0 unspecified atom stereocenters. The summed E-state index contributed by atoms with van der Waals surface area (Å²) in [4.78, 5) is 23.7. The molecule has 3 rings (SSSR count). The Kier molecular flexibility index (Phi) is 6.46. The van der Waals surface area contributed by atoms with Crippen LogP contribution in [0.2, 0.25) is 0 Å². The Labute approximate surface area is 162 Å². The summed E-state index contributed by atoms with van der Waals surface area (Å²) in [5.74, 6) is 0.234. The van der Waals surface area contributed by atoms with Gasteiger partial charge in [0.1, 0.15) is 18.1 Å². The quantitative estimate of drug-likeness (QED) is 0.449. The minimum absolute atomic E-state index is 0.0396. The molecule has 0 saturated heterocycles. The summed E-state index contributed by atoms with van der Waals surface area (Å²) in [6, 6.07) is 12.6. The normalized spacial score (nSPS) is 10.5. The highest BCUT2D eigenvalue weighted by Gasteiger charge is 2.14. The maximum atomic E-state index is 12.0. The van der Waals surface area contributed by atoms with E-state index in [1.165, 1.54) is 6.07 Å². The van der Waals surface area contributed by atoms with E-state index in [1.54, 1.807) is 29.2 Å². The molecule has 0 aliphatic carbocycles. The van der Waals surface area contributed by atoms with Gasteiger partial charge in [0.05, 0.1) is 13.1 Å². The van der Waals surface area contributed by atoms with Crippen LogP contribution < -0.4 is 10.1 Å². The lowest BCUT2D eigenvalue weighted by Crippen LogP contribution is -2.32. The SMILES string of the molecule is Cc1cccc(OCCNC(=O)COC(=O)c2ccc(Cn3cccn3)o2)c1. The third-order valence-electron chi connectivity index (χ3n) is 3.76. The Morgan fingerprint density at radius 2 is 2.11 bits per heavy atom. The first-order valence-corrected chi connectivity index (χ1v) is 8.79. The molecule has 2 heterocycles. The van der Waals surface area contributed by atoms with Crippen LogP contribution in [0.3, 0.4) is 0 Å². The number of nitrogens with one attached hydrogen (secondary N) is 1. The zero-order valence-electron chi connectivity index (χ0n) is 15.5. The van der Waals surface area contributed by atoms with Crippen molar-refractivity contribution in [3.63, 3.8) is 0 Å². The number of carbonyl (C=O) groups excluding carboxylic acids is 2. The number of rotatable bonds is 9. The van der Waals surface area contributed by atoms with Crippen molar-refractivity contribution in [2.45, 2.75) is 13.5 Å². The Hall–Kier alpha value is -3.55. The van der Waals surface area contributed by atoms with E-state index in [1.807, 2.05) is 31.2 Å². The number of nitrogens with zero attached hydrogens (tertiary/aromatic N) is 2. The molecular weight excluding hydrogens is 362 g/mol. The van der Waals surface area contributed by atoms with Gasteiger partial charge in [0.2, 0.25) is 5.76 Å². The molecule has 0 radical (unpaired) electrons. The molecule has 28 heavy (non-hydrogen) atoms. The second-order valence-electron chi connectivity index (χ2n) is 6.06. The van der Waals surface area contributed by atoms with Gasteiger partial charge in [-0.2, -0.15) is 5.10 Å². The highest BCUT2D eigenvalue weighted by atomic mass is 16.5. The Bertz CT molecular complexity index is 918. The molecule has 2 aromatic heterocycles. The smallest absolute Gasteiger partial charge is 0.374 e.